The zero-order valence-corrected chi connectivity index (χ0v) is 26.6. The van der Waals surface area contributed by atoms with E-state index >= 15 is 0 Å². The molecular formula is C31H52IN4O2+. The molecule has 4 N–H and O–H groups in total. The summed E-state index contributed by atoms with van der Waals surface area (Å²) in [6.45, 7) is 15.9. The lowest BCUT2D eigenvalue weighted by Gasteiger charge is -2.31. The summed E-state index contributed by atoms with van der Waals surface area (Å²) in [5, 5.41) is 0. The van der Waals surface area contributed by atoms with Crippen LogP contribution in [-0.2, 0) is 28.9 Å². The van der Waals surface area contributed by atoms with E-state index < -0.39 is 0 Å². The fourth-order valence-corrected chi connectivity index (χ4v) is 6.46. The van der Waals surface area contributed by atoms with E-state index in [9.17, 15) is 0 Å². The molecule has 7 heteroatoms. The van der Waals surface area contributed by atoms with E-state index in [4.69, 9.17) is 20.9 Å². The first-order valence-corrected chi connectivity index (χ1v) is 15.1. The summed E-state index contributed by atoms with van der Waals surface area (Å²) in [6.07, 6.45) is 14.3. The molecule has 38 heavy (non-hydrogen) atoms. The standard InChI is InChI=1S/C31H52IN4O2/c1-29(2,18-28(34)19-33)24-37-16-9-13-27-11-7-15-36(21-27)23-30(3,4)22-31(5,32)25-38-17-8-12-26-10-6-14-35-20-26/h6-7,10-11,14-15,20-21,28H,8-9,12-13,16-19,22-25,33-34H2,1-5H3/q+1. The highest BCUT2D eigenvalue weighted by molar-refractivity contribution is 14.1. The number of nitrogens with two attached hydrogens (primary N) is 2. The van der Waals surface area contributed by atoms with E-state index in [1.54, 1.807) is 0 Å². The van der Waals surface area contributed by atoms with Crippen LogP contribution in [0, 0.1) is 10.8 Å². The van der Waals surface area contributed by atoms with Crippen LogP contribution < -0.4 is 16.0 Å². The molecule has 6 nitrogen and oxygen atoms in total. The number of nitrogens with zero attached hydrogens (tertiary/aromatic N) is 2. The lowest BCUT2D eigenvalue weighted by molar-refractivity contribution is -0.709. The normalized spacial score (nSPS) is 14.8. The van der Waals surface area contributed by atoms with E-state index in [0.29, 0.717) is 13.2 Å². The van der Waals surface area contributed by atoms with E-state index in [1.165, 1.54) is 11.1 Å². The van der Waals surface area contributed by atoms with Crippen molar-refractivity contribution in [1.29, 1.82) is 0 Å². The number of aromatic nitrogens is 2. The minimum Gasteiger partial charge on any atom is -0.381 e. The number of ether oxygens (including phenoxy) is 2. The Morgan fingerprint density at radius 1 is 0.947 bits per heavy atom. The topological polar surface area (TPSA) is 87.3 Å². The minimum atomic E-state index is 0.0399. The van der Waals surface area contributed by atoms with Crippen molar-refractivity contribution in [2.75, 3.05) is 33.0 Å². The summed E-state index contributed by atoms with van der Waals surface area (Å²) < 4.78 is 14.5. The molecule has 2 aromatic rings. The van der Waals surface area contributed by atoms with E-state index in [2.05, 4.69) is 97.4 Å². The van der Waals surface area contributed by atoms with E-state index in [1.807, 2.05) is 18.5 Å². The first-order chi connectivity index (χ1) is 17.9. The lowest BCUT2D eigenvalue weighted by Crippen LogP contribution is -2.44. The molecule has 0 aliphatic heterocycles. The zero-order valence-electron chi connectivity index (χ0n) is 24.4. The number of rotatable bonds is 19. The van der Waals surface area contributed by atoms with Gasteiger partial charge in [-0.3, -0.25) is 4.98 Å². The third-order valence-electron chi connectivity index (χ3n) is 6.62. The molecule has 2 aromatic heterocycles. The highest BCUT2D eigenvalue weighted by atomic mass is 127. The van der Waals surface area contributed by atoms with Crippen molar-refractivity contribution < 1.29 is 14.0 Å². The Morgan fingerprint density at radius 2 is 1.61 bits per heavy atom. The largest absolute Gasteiger partial charge is 0.381 e. The highest BCUT2D eigenvalue weighted by Crippen LogP contribution is 2.35. The molecule has 0 spiro atoms. The second-order valence-electron chi connectivity index (χ2n) is 12.7. The Bertz CT molecular complexity index is 921. The van der Waals surface area contributed by atoms with Gasteiger partial charge in [-0.25, -0.2) is 4.57 Å². The van der Waals surface area contributed by atoms with Gasteiger partial charge in [0, 0.05) is 58.7 Å². The average Bonchev–Trinajstić information content (AvgIpc) is 2.83. The van der Waals surface area contributed by atoms with Gasteiger partial charge < -0.3 is 20.9 Å². The molecule has 0 amide bonds. The quantitative estimate of drug-likeness (QED) is 0.0946. The first kappa shape index (κ1) is 33.1. The van der Waals surface area contributed by atoms with Crippen LogP contribution >= 0.6 is 22.6 Å². The number of halogens is 1. The summed E-state index contributed by atoms with van der Waals surface area (Å²) >= 11 is 2.58. The van der Waals surface area contributed by atoms with Crippen molar-refractivity contribution in [2.45, 2.75) is 89.2 Å². The maximum absolute atomic E-state index is 6.09. The van der Waals surface area contributed by atoms with Gasteiger partial charge in [0.1, 0.15) is 0 Å². The third-order valence-corrected chi connectivity index (χ3v) is 7.31. The van der Waals surface area contributed by atoms with Gasteiger partial charge in [-0.2, -0.15) is 0 Å². The molecule has 0 radical (unpaired) electrons. The van der Waals surface area contributed by atoms with Gasteiger partial charge in [-0.15, -0.1) is 0 Å². The Hall–Kier alpha value is -1.13. The Morgan fingerprint density at radius 3 is 2.26 bits per heavy atom. The molecule has 0 saturated carbocycles. The van der Waals surface area contributed by atoms with Crippen molar-refractivity contribution >= 4 is 22.6 Å². The van der Waals surface area contributed by atoms with Crippen LogP contribution in [0.3, 0.4) is 0 Å². The molecule has 0 aliphatic rings. The maximum atomic E-state index is 6.09. The molecule has 0 aromatic carbocycles. The van der Waals surface area contributed by atoms with Gasteiger partial charge >= 0.3 is 0 Å². The Labute approximate surface area is 245 Å². The second-order valence-corrected chi connectivity index (χ2v) is 15.3. The summed E-state index contributed by atoms with van der Waals surface area (Å²) in [6, 6.07) is 8.54. The van der Waals surface area contributed by atoms with Crippen molar-refractivity contribution in [3.63, 3.8) is 0 Å². The predicted octanol–water partition coefficient (Wildman–Crippen LogP) is 5.28. The van der Waals surface area contributed by atoms with Crippen molar-refractivity contribution in [1.82, 2.24) is 4.98 Å². The smallest absolute Gasteiger partial charge is 0.171 e. The Balaban J connectivity index is 1.71. The van der Waals surface area contributed by atoms with Gasteiger partial charge in [0.25, 0.3) is 0 Å². The lowest BCUT2D eigenvalue weighted by atomic mass is 9.83. The molecule has 0 aliphatic carbocycles. The third kappa shape index (κ3) is 14.3. The summed E-state index contributed by atoms with van der Waals surface area (Å²) in [5.41, 5.74) is 14.5. The van der Waals surface area contributed by atoms with Crippen LogP contribution in [0.4, 0.5) is 0 Å². The maximum Gasteiger partial charge on any atom is 0.171 e. The number of hydrogen-bond acceptors (Lipinski definition) is 5. The molecular weight excluding hydrogens is 587 g/mol. The first-order valence-electron chi connectivity index (χ1n) is 14.1. The molecule has 214 valence electrons. The average molecular weight is 640 g/mol. The van der Waals surface area contributed by atoms with Gasteiger partial charge in [-0.05, 0) is 68.6 Å². The molecule has 0 bridgehead atoms. The van der Waals surface area contributed by atoms with Gasteiger partial charge in [0.2, 0.25) is 0 Å². The van der Waals surface area contributed by atoms with Crippen LogP contribution in [0.25, 0.3) is 0 Å². The summed E-state index contributed by atoms with van der Waals surface area (Å²) in [7, 11) is 0. The van der Waals surface area contributed by atoms with Crippen molar-refractivity contribution in [2.24, 2.45) is 22.3 Å². The van der Waals surface area contributed by atoms with Crippen LogP contribution in [0.5, 0.6) is 0 Å². The summed E-state index contributed by atoms with van der Waals surface area (Å²) in [4.78, 5) is 4.19. The zero-order chi connectivity index (χ0) is 28.1. The molecule has 0 saturated heterocycles. The number of aryl methyl sites for hydroxylation is 2. The molecule has 2 unspecified atom stereocenters. The molecule has 2 rings (SSSR count). The predicted molar refractivity (Wildman–Crippen MR) is 165 cm³/mol. The van der Waals surface area contributed by atoms with Crippen LogP contribution in [0.15, 0.2) is 49.1 Å². The number of pyridine rings is 2. The van der Waals surface area contributed by atoms with Crippen LogP contribution in [-0.4, -0.2) is 47.4 Å². The fourth-order valence-electron chi connectivity index (χ4n) is 5.21. The number of alkyl halides is 1. The monoisotopic (exact) mass is 639 g/mol. The molecule has 0 fully saturated rings. The minimum absolute atomic E-state index is 0.0399. The van der Waals surface area contributed by atoms with Crippen molar-refractivity contribution in [3.05, 3.63) is 60.2 Å². The summed E-state index contributed by atoms with van der Waals surface area (Å²) in [5.74, 6) is 0. The Kier molecular flexibility index (Phi) is 14.1. The van der Waals surface area contributed by atoms with E-state index in [0.717, 1.165) is 64.9 Å². The SMILES string of the molecule is CC(C)(COCCCc1ccc[n+](CC(C)(C)CC(C)(I)COCCCc2cccnc2)c1)CC(N)CN. The van der Waals surface area contributed by atoms with Crippen LogP contribution in [0.1, 0.15) is 71.4 Å². The van der Waals surface area contributed by atoms with Crippen LogP contribution in [0.2, 0.25) is 0 Å². The van der Waals surface area contributed by atoms with Crippen molar-refractivity contribution in [3.8, 4) is 0 Å². The van der Waals surface area contributed by atoms with Gasteiger partial charge in [0.15, 0.2) is 18.9 Å². The second kappa shape index (κ2) is 16.2. The fraction of sp³-hybridized carbons (Fsp3) is 0.677. The van der Waals surface area contributed by atoms with E-state index in [-0.39, 0.29) is 20.3 Å². The number of hydrogen-bond donors (Lipinski definition) is 2. The van der Waals surface area contributed by atoms with Gasteiger partial charge in [0.05, 0.1) is 13.2 Å². The molecule has 2 heterocycles. The highest BCUT2D eigenvalue weighted by Gasteiger charge is 2.33. The van der Waals surface area contributed by atoms with Gasteiger partial charge in [-0.1, -0.05) is 56.4 Å². The molecule has 2 atom stereocenters.